The Balaban J connectivity index is 3.30. The largest absolute Gasteiger partial charge is 0.399 e. The summed E-state index contributed by atoms with van der Waals surface area (Å²) < 4.78 is 0. The van der Waals surface area contributed by atoms with Gasteiger partial charge in [-0.2, -0.15) is 0 Å². The van der Waals surface area contributed by atoms with Crippen LogP contribution in [0.3, 0.4) is 0 Å². The number of halogens is 1. The molecule has 0 saturated carbocycles. The number of rotatable bonds is 2. The lowest BCUT2D eigenvalue weighted by Crippen LogP contribution is -1.86. The Hall–Kier alpha value is -1.28. The Labute approximate surface area is 76.4 Å². The number of hydrogen-bond donors (Lipinski definition) is 1. The van der Waals surface area contributed by atoms with Crippen LogP contribution in [-0.4, -0.2) is 6.72 Å². The SMILES string of the molecule is C=Nc1ccc(N)cc1C(=C)Cl. The minimum atomic E-state index is 0.421. The monoisotopic (exact) mass is 180 g/mol. The van der Waals surface area contributed by atoms with Gasteiger partial charge in [0.1, 0.15) is 0 Å². The van der Waals surface area contributed by atoms with Crippen LogP contribution >= 0.6 is 11.6 Å². The van der Waals surface area contributed by atoms with Crippen LogP contribution in [0.15, 0.2) is 29.8 Å². The molecule has 1 rings (SSSR count). The van der Waals surface area contributed by atoms with E-state index >= 15 is 0 Å². The third-order valence-corrected chi connectivity index (χ3v) is 1.69. The minimum absolute atomic E-state index is 0.421. The standard InChI is InChI=1S/C9H9ClN2/c1-6(10)8-5-7(11)3-4-9(8)12-2/h3-5H,1-2,11H2. The summed E-state index contributed by atoms with van der Waals surface area (Å²) in [6.45, 7) is 7.01. The molecule has 0 heterocycles. The first-order chi connectivity index (χ1) is 5.65. The van der Waals surface area contributed by atoms with Gasteiger partial charge >= 0.3 is 0 Å². The molecule has 0 spiro atoms. The van der Waals surface area contributed by atoms with Crippen molar-refractivity contribution in [2.24, 2.45) is 4.99 Å². The summed E-state index contributed by atoms with van der Waals surface area (Å²) in [5.74, 6) is 0. The molecule has 0 aliphatic rings. The van der Waals surface area contributed by atoms with E-state index in [9.17, 15) is 0 Å². The molecule has 0 unspecified atom stereocenters. The third-order valence-electron chi connectivity index (χ3n) is 1.48. The van der Waals surface area contributed by atoms with Crippen LogP contribution in [0.25, 0.3) is 5.03 Å². The predicted molar refractivity (Wildman–Crippen MR) is 55.0 cm³/mol. The van der Waals surface area contributed by atoms with Crippen molar-refractivity contribution in [3.8, 4) is 0 Å². The fraction of sp³-hybridized carbons (Fsp3) is 0. The van der Waals surface area contributed by atoms with Crippen molar-refractivity contribution in [3.63, 3.8) is 0 Å². The number of nitrogen functional groups attached to an aromatic ring is 1. The summed E-state index contributed by atoms with van der Waals surface area (Å²) in [5, 5.41) is 0.421. The molecular formula is C9H9ClN2. The van der Waals surface area contributed by atoms with Crippen LogP contribution in [0, 0.1) is 0 Å². The van der Waals surface area contributed by atoms with Crippen LogP contribution in [0.4, 0.5) is 11.4 Å². The normalized spacial score (nSPS) is 9.42. The average Bonchev–Trinajstić information content (AvgIpc) is 2.04. The maximum absolute atomic E-state index is 5.72. The Morgan fingerprint density at radius 3 is 2.67 bits per heavy atom. The van der Waals surface area contributed by atoms with Gasteiger partial charge in [0.15, 0.2) is 0 Å². The smallest absolute Gasteiger partial charge is 0.0710 e. The van der Waals surface area contributed by atoms with Gasteiger partial charge in [-0.25, -0.2) is 0 Å². The highest BCUT2D eigenvalue weighted by Gasteiger charge is 2.02. The topological polar surface area (TPSA) is 38.4 Å². The summed E-state index contributed by atoms with van der Waals surface area (Å²) >= 11 is 5.72. The van der Waals surface area contributed by atoms with Crippen molar-refractivity contribution < 1.29 is 0 Å². The van der Waals surface area contributed by atoms with Crippen LogP contribution in [-0.2, 0) is 0 Å². The van der Waals surface area contributed by atoms with Crippen LogP contribution in [0.5, 0.6) is 0 Å². The molecule has 3 heteroatoms. The molecule has 62 valence electrons. The molecule has 0 amide bonds. The molecule has 2 N–H and O–H groups in total. The first-order valence-electron chi connectivity index (χ1n) is 3.36. The lowest BCUT2D eigenvalue weighted by atomic mass is 10.1. The number of nitrogens with zero attached hydrogens (tertiary/aromatic N) is 1. The Bertz CT molecular complexity index is 331. The van der Waals surface area contributed by atoms with Gasteiger partial charge in [0.25, 0.3) is 0 Å². The Morgan fingerprint density at radius 1 is 1.50 bits per heavy atom. The van der Waals surface area contributed by atoms with Crippen molar-refractivity contribution in [2.45, 2.75) is 0 Å². The second-order valence-electron chi connectivity index (χ2n) is 2.34. The highest BCUT2D eigenvalue weighted by molar-refractivity contribution is 6.48. The van der Waals surface area contributed by atoms with Crippen molar-refractivity contribution >= 4 is 34.7 Å². The molecule has 0 aromatic heterocycles. The number of nitrogens with two attached hydrogens (primary N) is 1. The molecule has 1 aromatic rings. The number of benzene rings is 1. The molecule has 2 nitrogen and oxygen atoms in total. The van der Waals surface area contributed by atoms with E-state index in [1.807, 2.05) is 0 Å². The van der Waals surface area contributed by atoms with E-state index in [0.717, 1.165) is 5.56 Å². The summed E-state index contributed by atoms with van der Waals surface area (Å²) in [5.41, 5.74) is 7.62. The molecular weight excluding hydrogens is 172 g/mol. The van der Waals surface area contributed by atoms with Crippen LogP contribution in [0.2, 0.25) is 0 Å². The van der Waals surface area contributed by atoms with E-state index < -0.39 is 0 Å². The van der Waals surface area contributed by atoms with E-state index in [0.29, 0.717) is 16.4 Å². The van der Waals surface area contributed by atoms with Gasteiger partial charge in [-0.1, -0.05) is 18.2 Å². The molecule has 12 heavy (non-hydrogen) atoms. The zero-order valence-corrected chi connectivity index (χ0v) is 7.30. The fourth-order valence-corrected chi connectivity index (χ4v) is 1.06. The van der Waals surface area contributed by atoms with Gasteiger partial charge in [-0.3, -0.25) is 4.99 Å². The zero-order chi connectivity index (χ0) is 9.14. The molecule has 0 aliphatic carbocycles. The molecule has 0 bridgehead atoms. The quantitative estimate of drug-likeness (QED) is 0.552. The van der Waals surface area contributed by atoms with Crippen molar-refractivity contribution in [2.75, 3.05) is 5.73 Å². The van der Waals surface area contributed by atoms with Crippen molar-refractivity contribution in [1.82, 2.24) is 0 Å². The van der Waals surface area contributed by atoms with Gasteiger partial charge in [0.05, 0.1) is 5.69 Å². The summed E-state index contributed by atoms with van der Waals surface area (Å²) in [7, 11) is 0. The fourth-order valence-electron chi connectivity index (χ4n) is 0.909. The molecule has 0 aliphatic heterocycles. The van der Waals surface area contributed by atoms with E-state index in [2.05, 4.69) is 18.3 Å². The van der Waals surface area contributed by atoms with Crippen molar-refractivity contribution in [1.29, 1.82) is 0 Å². The molecule has 0 atom stereocenters. The van der Waals surface area contributed by atoms with Gasteiger partial charge < -0.3 is 5.73 Å². The predicted octanol–water partition coefficient (Wildman–Crippen LogP) is 2.81. The summed E-state index contributed by atoms with van der Waals surface area (Å²) in [6.07, 6.45) is 0. The van der Waals surface area contributed by atoms with Crippen LogP contribution in [0.1, 0.15) is 5.56 Å². The minimum Gasteiger partial charge on any atom is -0.399 e. The maximum Gasteiger partial charge on any atom is 0.0710 e. The number of hydrogen-bond acceptors (Lipinski definition) is 2. The second-order valence-corrected chi connectivity index (χ2v) is 2.80. The number of aliphatic imine (C=N–C) groups is 1. The molecule has 1 aromatic carbocycles. The first kappa shape index (κ1) is 8.81. The van der Waals surface area contributed by atoms with Gasteiger partial charge in [-0.15, -0.1) is 0 Å². The van der Waals surface area contributed by atoms with E-state index in [1.54, 1.807) is 18.2 Å². The summed E-state index contributed by atoms with van der Waals surface area (Å²) in [4.78, 5) is 3.78. The van der Waals surface area contributed by atoms with Gasteiger partial charge in [-0.05, 0) is 24.9 Å². The average molecular weight is 181 g/mol. The van der Waals surface area contributed by atoms with E-state index in [-0.39, 0.29) is 0 Å². The van der Waals surface area contributed by atoms with Gasteiger partial charge in [0, 0.05) is 16.3 Å². The first-order valence-corrected chi connectivity index (χ1v) is 3.74. The zero-order valence-electron chi connectivity index (χ0n) is 6.55. The second kappa shape index (κ2) is 3.41. The van der Waals surface area contributed by atoms with E-state index in [1.165, 1.54) is 0 Å². The van der Waals surface area contributed by atoms with Crippen LogP contribution < -0.4 is 5.73 Å². The lowest BCUT2D eigenvalue weighted by Gasteiger charge is -2.03. The highest BCUT2D eigenvalue weighted by Crippen LogP contribution is 2.29. The Kier molecular flexibility index (Phi) is 2.51. The maximum atomic E-state index is 5.72. The lowest BCUT2D eigenvalue weighted by molar-refractivity contribution is 1.52. The molecule has 0 saturated heterocycles. The van der Waals surface area contributed by atoms with Crippen molar-refractivity contribution in [3.05, 3.63) is 30.3 Å². The summed E-state index contributed by atoms with van der Waals surface area (Å²) in [6, 6.07) is 5.22. The number of anilines is 1. The molecule has 0 radical (unpaired) electrons. The highest BCUT2D eigenvalue weighted by atomic mass is 35.5. The Morgan fingerprint density at radius 2 is 2.17 bits per heavy atom. The third kappa shape index (κ3) is 1.66. The van der Waals surface area contributed by atoms with E-state index in [4.69, 9.17) is 17.3 Å². The molecule has 0 fully saturated rings. The van der Waals surface area contributed by atoms with Gasteiger partial charge in [0.2, 0.25) is 0 Å².